The van der Waals surface area contributed by atoms with Crippen LogP contribution in [-0.4, -0.2) is 37.4 Å². The molecule has 0 radical (unpaired) electrons. The Morgan fingerprint density at radius 3 is 2.26 bits per heavy atom. The van der Waals surface area contributed by atoms with E-state index in [4.69, 9.17) is 11.6 Å². The third kappa shape index (κ3) is 3.99. The molecule has 2 heterocycles. The minimum atomic E-state index is -0.0797. The summed E-state index contributed by atoms with van der Waals surface area (Å²) < 4.78 is 3.67. The Bertz CT molecular complexity index is 1230. The zero-order chi connectivity index (χ0) is 22.1. The van der Waals surface area contributed by atoms with Gasteiger partial charge in [-0.2, -0.15) is 10.2 Å². The van der Waals surface area contributed by atoms with Gasteiger partial charge in [-0.3, -0.25) is 4.79 Å². The third-order valence-electron chi connectivity index (χ3n) is 5.50. The molecule has 0 saturated heterocycles. The highest BCUT2D eigenvalue weighted by Gasteiger charge is 2.21. The van der Waals surface area contributed by atoms with E-state index in [1.165, 1.54) is 0 Å². The number of hydrogen-bond donors (Lipinski definition) is 0. The summed E-state index contributed by atoms with van der Waals surface area (Å²) in [5, 5.41) is 9.76. The summed E-state index contributed by atoms with van der Waals surface area (Å²) in [7, 11) is 1.81. The van der Waals surface area contributed by atoms with Crippen molar-refractivity contribution in [3.05, 3.63) is 94.0 Å². The van der Waals surface area contributed by atoms with Gasteiger partial charge >= 0.3 is 0 Å². The monoisotopic (exact) mass is 433 g/mol. The highest BCUT2D eigenvalue weighted by molar-refractivity contribution is 6.30. The minimum Gasteiger partial charge on any atom is -0.337 e. The summed E-state index contributed by atoms with van der Waals surface area (Å²) in [6, 6.07) is 17.4. The first-order valence-corrected chi connectivity index (χ1v) is 10.4. The van der Waals surface area contributed by atoms with Crippen LogP contribution in [0.1, 0.15) is 33.0 Å². The van der Waals surface area contributed by atoms with Gasteiger partial charge < -0.3 is 4.90 Å². The van der Waals surface area contributed by atoms with Gasteiger partial charge in [0.2, 0.25) is 0 Å². The van der Waals surface area contributed by atoms with E-state index in [2.05, 4.69) is 10.2 Å². The van der Waals surface area contributed by atoms with E-state index in [0.29, 0.717) is 17.1 Å². The summed E-state index contributed by atoms with van der Waals surface area (Å²) in [5.74, 6) is -0.0797. The van der Waals surface area contributed by atoms with Crippen molar-refractivity contribution >= 4 is 17.5 Å². The molecule has 0 aliphatic rings. The van der Waals surface area contributed by atoms with Crippen LogP contribution >= 0.6 is 11.6 Å². The Morgan fingerprint density at radius 2 is 1.58 bits per heavy atom. The van der Waals surface area contributed by atoms with Crippen molar-refractivity contribution < 1.29 is 4.79 Å². The molecule has 0 aliphatic heterocycles. The van der Waals surface area contributed by atoms with Crippen LogP contribution in [0.5, 0.6) is 0 Å². The molecule has 7 heteroatoms. The van der Waals surface area contributed by atoms with Crippen molar-refractivity contribution in [3.63, 3.8) is 0 Å². The summed E-state index contributed by atoms with van der Waals surface area (Å²) in [4.78, 5) is 14.9. The van der Waals surface area contributed by atoms with Gasteiger partial charge in [0.25, 0.3) is 5.91 Å². The molecule has 0 atom stereocenters. The number of aryl methyl sites for hydroxylation is 1. The molecule has 4 rings (SSSR count). The number of nitrogens with zero attached hydrogens (tertiary/aromatic N) is 5. The molecule has 2 aromatic heterocycles. The average Bonchev–Trinajstić information content (AvgIpc) is 3.29. The number of amides is 1. The van der Waals surface area contributed by atoms with E-state index >= 15 is 0 Å². The normalized spacial score (nSPS) is 11.0. The second-order valence-electron chi connectivity index (χ2n) is 7.59. The number of aromatic nitrogens is 4. The fraction of sp³-hybridized carbons (Fsp3) is 0.208. The maximum absolute atomic E-state index is 13.2. The third-order valence-corrected chi connectivity index (χ3v) is 5.75. The van der Waals surface area contributed by atoms with Gasteiger partial charge in [0.05, 0.1) is 34.5 Å². The molecular formula is C24H24ClN5O. The molecule has 1 amide bonds. The van der Waals surface area contributed by atoms with E-state index < -0.39 is 0 Å². The molecule has 0 aliphatic carbocycles. The predicted octanol–water partition coefficient (Wildman–Crippen LogP) is 4.91. The fourth-order valence-corrected chi connectivity index (χ4v) is 3.83. The van der Waals surface area contributed by atoms with Crippen LogP contribution in [0.25, 0.3) is 11.4 Å². The Hall–Kier alpha value is -3.38. The van der Waals surface area contributed by atoms with E-state index in [9.17, 15) is 4.79 Å². The molecule has 0 saturated carbocycles. The topological polar surface area (TPSA) is 56.0 Å². The summed E-state index contributed by atoms with van der Waals surface area (Å²) in [5.41, 5.74) is 6.20. The van der Waals surface area contributed by atoms with E-state index in [1.807, 2.05) is 80.1 Å². The van der Waals surface area contributed by atoms with Gasteiger partial charge in [0.15, 0.2) is 0 Å². The molecule has 2 aromatic carbocycles. The van der Waals surface area contributed by atoms with Gasteiger partial charge in [-0.05, 0) is 57.2 Å². The molecule has 4 aromatic rings. The number of carbonyl (C=O) groups excluding carboxylic acids is 1. The lowest BCUT2D eigenvalue weighted by atomic mass is 10.1. The van der Waals surface area contributed by atoms with Crippen LogP contribution < -0.4 is 0 Å². The average molecular weight is 434 g/mol. The summed E-state index contributed by atoms with van der Waals surface area (Å²) >= 11 is 5.98. The first-order chi connectivity index (χ1) is 14.9. The molecule has 6 nitrogen and oxygen atoms in total. The summed E-state index contributed by atoms with van der Waals surface area (Å²) in [6.07, 6.45) is 1.62. The van der Waals surface area contributed by atoms with E-state index in [1.54, 1.807) is 22.8 Å². The van der Waals surface area contributed by atoms with Gasteiger partial charge in [-0.25, -0.2) is 9.36 Å². The minimum absolute atomic E-state index is 0.0797. The Kier molecular flexibility index (Phi) is 5.65. The van der Waals surface area contributed by atoms with Crippen molar-refractivity contribution in [3.8, 4) is 11.4 Å². The quantitative estimate of drug-likeness (QED) is 0.449. The van der Waals surface area contributed by atoms with Crippen molar-refractivity contribution in [2.75, 3.05) is 7.05 Å². The standard InChI is InChI=1S/C24H24ClN5O/c1-16-23(18(3)30(27-16)20-8-6-5-7-9-20)15-28(4)24(31)22-14-26-29(17(22)2)21-12-10-19(25)11-13-21/h5-14H,15H2,1-4H3. The molecule has 0 spiro atoms. The number of benzene rings is 2. The maximum atomic E-state index is 13.2. The van der Waals surface area contributed by atoms with Gasteiger partial charge in [0, 0.05) is 29.9 Å². The van der Waals surface area contributed by atoms with Gasteiger partial charge in [0.1, 0.15) is 0 Å². The molecule has 158 valence electrons. The van der Waals surface area contributed by atoms with Crippen LogP contribution in [0.2, 0.25) is 5.02 Å². The number of para-hydroxylation sites is 1. The molecule has 0 unspecified atom stereocenters. The Morgan fingerprint density at radius 1 is 0.935 bits per heavy atom. The van der Waals surface area contributed by atoms with Gasteiger partial charge in [-0.1, -0.05) is 29.8 Å². The maximum Gasteiger partial charge on any atom is 0.257 e. The second-order valence-corrected chi connectivity index (χ2v) is 8.03. The highest BCUT2D eigenvalue weighted by Crippen LogP contribution is 2.22. The lowest BCUT2D eigenvalue weighted by Crippen LogP contribution is -2.27. The van der Waals surface area contributed by atoms with Crippen LogP contribution in [0, 0.1) is 20.8 Å². The smallest absolute Gasteiger partial charge is 0.257 e. The van der Waals surface area contributed by atoms with Crippen molar-refractivity contribution in [1.82, 2.24) is 24.5 Å². The number of rotatable bonds is 5. The van der Waals surface area contributed by atoms with Crippen LogP contribution in [0.3, 0.4) is 0 Å². The molecule has 0 fully saturated rings. The lowest BCUT2D eigenvalue weighted by Gasteiger charge is -2.17. The first-order valence-electron chi connectivity index (χ1n) is 10.0. The molecule has 31 heavy (non-hydrogen) atoms. The Balaban J connectivity index is 1.58. The zero-order valence-electron chi connectivity index (χ0n) is 18.0. The number of halogens is 1. The first kappa shape index (κ1) is 20.9. The summed E-state index contributed by atoms with van der Waals surface area (Å²) in [6.45, 7) is 6.37. The molecular weight excluding hydrogens is 410 g/mol. The zero-order valence-corrected chi connectivity index (χ0v) is 18.8. The van der Waals surface area contributed by atoms with E-state index in [0.717, 1.165) is 34.0 Å². The van der Waals surface area contributed by atoms with Crippen LogP contribution in [0.15, 0.2) is 60.8 Å². The fourth-order valence-electron chi connectivity index (χ4n) is 3.70. The van der Waals surface area contributed by atoms with Gasteiger partial charge in [-0.15, -0.1) is 0 Å². The number of carbonyl (C=O) groups is 1. The predicted molar refractivity (Wildman–Crippen MR) is 122 cm³/mol. The molecule has 0 N–H and O–H groups in total. The lowest BCUT2D eigenvalue weighted by molar-refractivity contribution is 0.0784. The van der Waals surface area contributed by atoms with Crippen molar-refractivity contribution in [1.29, 1.82) is 0 Å². The SMILES string of the molecule is Cc1nn(-c2ccccc2)c(C)c1CN(C)C(=O)c1cnn(-c2ccc(Cl)cc2)c1C. The van der Waals surface area contributed by atoms with Crippen molar-refractivity contribution in [2.45, 2.75) is 27.3 Å². The second kappa shape index (κ2) is 8.40. The van der Waals surface area contributed by atoms with Crippen LogP contribution in [0.4, 0.5) is 0 Å². The largest absolute Gasteiger partial charge is 0.337 e. The highest BCUT2D eigenvalue weighted by atomic mass is 35.5. The van der Waals surface area contributed by atoms with Crippen molar-refractivity contribution in [2.24, 2.45) is 0 Å². The van der Waals surface area contributed by atoms with Crippen LogP contribution in [-0.2, 0) is 6.54 Å². The Labute approximate surface area is 186 Å². The van der Waals surface area contributed by atoms with E-state index in [-0.39, 0.29) is 5.91 Å². The number of hydrogen-bond acceptors (Lipinski definition) is 3. The molecule has 0 bridgehead atoms.